The number of carbonyl (C=O) groups excluding carboxylic acids is 1. The highest BCUT2D eigenvalue weighted by atomic mass is 35.5. The number of nitrogens with one attached hydrogen (secondary N) is 1. The maximum atomic E-state index is 12.4. The van der Waals surface area contributed by atoms with E-state index in [4.69, 9.17) is 20.8 Å². The molecule has 0 unspecified atom stereocenters. The standard InChI is InChI=1S/C25H17ClN2O3/c26-21-12-10-18(14-20(21)25-28-22-7-3-4-8-23(22)31-25)27-24(29)15-30-19-11-9-16-5-1-2-6-17(16)13-19/h1-14H,15H2,(H,27,29). The number of aromatic nitrogens is 1. The van der Waals surface area contributed by atoms with E-state index in [0.29, 0.717) is 33.5 Å². The number of fused-ring (bicyclic) bond motifs is 2. The van der Waals surface area contributed by atoms with E-state index in [2.05, 4.69) is 10.3 Å². The number of benzene rings is 4. The molecule has 31 heavy (non-hydrogen) atoms. The topological polar surface area (TPSA) is 64.4 Å². The molecule has 0 saturated heterocycles. The zero-order chi connectivity index (χ0) is 21.2. The summed E-state index contributed by atoms with van der Waals surface area (Å²) in [4.78, 5) is 16.9. The molecule has 4 aromatic carbocycles. The van der Waals surface area contributed by atoms with Crippen LogP contribution < -0.4 is 10.1 Å². The first-order chi connectivity index (χ1) is 15.2. The molecule has 0 radical (unpaired) electrons. The molecular weight excluding hydrogens is 412 g/mol. The third-order valence-electron chi connectivity index (χ3n) is 4.87. The largest absolute Gasteiger partial charge is 0.484 e. The van der Waals surface area contributed by atoms with Crippen LogP contribution in [0.1, 0.15) is 0 Å². The minimum absolute atomic E-state index is 0.112. The molecule has 1 N–H and O–H groups in total. The summed E-state index contributed by atoms with van der Waals surface area (Å²) in [7, 11) is 0. The Labute approximate surface area is 183 Å². The van der Waals surface area contributed by atoms with Gasteiger partial charge < -0.3 is 14.5 Å². The fraction of sp³-hybridized carbons (Fsp3) is 0.0400. The maximum Gasteiger partial charge on any atom is 0.262 e. The van der Waals surface area contributed by atoms with Gasteiger partial charge in [-0.15, -0.1) is 0 Å². The van der Waals surface area contributed by atoms with Gasteiger partial charge in [0, 0.05) is 5.69 Å². The van der Waals surface area contributed by atoms with Crippen LogP contribution in [0.3, 0.4) is 0 Å². The number of anilines is 1. The first-order valence-electron chi connectivity index (χ1n) is 9.73. The average molecular weight is 429 g/mol. The molecule has 0 aliphatic heterocycles. The Morgan fingerprint density at radius 1 is 0.935 bits per heavy atom. The Kier molecular flexibility index (Phi) is 5.02. The highest BCUT2D eigenvalue weighted by molar-refractivity contribution is 6.33. The summed E-state index contributed by atoms with van der Waals surface area (Å²) in [5, 5.41) is 5.49. The lowest BCUT2D eigenvalue weighted by Crippen LogP contribution is -2.20. The summed E-state index contributed by atoms with van der Waals surface area (Å²) >= 11 is 6.35. The van der Waals surface area contributed by atoms with Gasteiger partial charge in [0.2, 0.25) is 5.89 Å². The number of halogens is 1. The Balaban J connectivity index is 1.30. The minimum Gasteiger partial charge on any atom is -0.484 e. The van der Waals surface area contributed by atoms with Gasteiger partial charge in [-0.05, 0) is 53.2 Å². The Morgan fingerprint density at radius 3 is 2.61 bits per heavy atom. The molecule has 5 aromatic rings. The maximum absolute atomic E-state index is 12.4. The number of hydrogen-bond acceptors (Lipinski definition) is 4. The van der Waals surface area contributed by atoms with Crippen molar-refractivity contribution in [3.05, 3.63) is 90.0 Å². The minimum atomic E-state index is -0.279. The van der Waals surface area contributed by atoms with Crippen molar-refractivity contribution < 1.29 is 13.9 Å². The van der Waals surface area contributed by atoms with Crippen molar-refractivity contribution in [2.45, 2.75) is 0 Å². The van der Waals surface area contributed by atoms with E-state index in [1.807, 2.05) is 66.7 Å². The number of carbonyl (C=O) groups is 1. The van der Waals surface area contributed by atoms with Gasteiger partial charge in [0.05, 0.1) is 10.6 Å². The number of hydrogen-bond donors (Lipinski definition) is 1. The highest BCUT2D eigenvalue weighted by Crippen LogP contribution is 2.32. The fourth-order valence-electron chi connectivity index (χ4n) is 3.36. The molecule has 0 spiro atoms. The number of amides is 1. The lowest BCUT2D eigenvalue weighted by Gasteiger charge is -2.09. The van der Waals surface area contributed by atoms with Crippen molar-refractivity contribution in [3.63, 3.8) is 0 Å². The molecule has 0 bridgehead atoms. The number of oxazole rings is 1. The van der Waals surface area contributed by atoms with Crippen molar-refractivity contribution in [1.29, 1.82) is 0 Å². The lowest BCUT2D eigenvalue weighted by molar-refractivity contribution is -0.118. The van der Waals surface area contributed by atoms with E-state index < -0.39 is 0 Å². The predicted molar refractivity (Wildman–Crippen MR) is 123 cm³/mol. The predicted octanol–water partition coefficient (Wildman–Crippen LogP) is 6.32. The summed E-state index contributed by atoms with van der Waals surface area (Å²) in [6.45, 7) is -0.112. The first kappa shape index (κ1) is 19.2. The van der Waals surface area contributed by atoms with Crippen LogP contribution >= 0.6 is 11.6 Å². The molecule has 0 aliphatic rings. The van der Waals surface area contributed by atoms with E-state index in [0.717, 1.165) is 16.3 Å². The summed E-state index contributed by atoms with van der Waals surface area (Å²) in [5.74, 6) is 0.755. The number of para-hydroxylation sites is 2. The van der Waals surface area contributed by atoms with Crippen molar-refractivity contribution >= 4 is 45.1 Å². The van der Waals surface area contributed by atoms with Crippen molar-refractivity contribution in [3.8, 4) is 17.2 Å². The molecule has 0 saturated carbocycles. The van der Waals surface area contributed by atoms with Crippen LogP contribution in [0.2, 0.25) is 5.02 Å². The molecule has 1 aromatic heterocycles. The number of ether oxygens (including phenoxy) is 1. The molecule has 1 amide bonds. The van der Waals surface area contributed by atoms with Crippen molar-refractivity contribution in [2.75, 3.05) is 11.9 Å². The van der Waals surface area contributed by atoms with Gasteiger partial charge in [-0.25, -0.2) is 4.98 Å². The van der Waals surface area contributed by atoms with E-state index >= 15 is 0 Å². The SMILES string of the molecule is O=C(COc1ccc2ccccc2c1)Nc1ccc(Cl)c(-c2nc3ccccc3o2)c1. The van der Waals surface area contributed by atoms with Crippen molar-refractivity contribution in [1.82, 2.24) is 4.98 Å². The van der Waals surface area contributed by atoms with Crippen molar-refractivity contribution in [2.24, 2.45) is 0 Å². The van der Waals surface area contributed by atoms with E-state index in [1.54, 1.807) is 18.2 Å². The second kappa shape index (κ2) is 8.13. The number of rotatable bonds is 5. The zero-order valence-electron chi connectivity index (χ0n) is 16.3. The third kappa shape index (κ3) is 4.09. The Hall–Kier alpha value is -3.83. The van der Waals surface area contributed by atoms with Crippen LogP contribution in [-0.4, -0.2) is 17.5 Å². The summed E-state index contributed by atoms with van der Waals surface area (Å²) in [6, 6.07) is 26.4. The third-order valence-corrected chi connectivity index (χ3v) is 5.19. The molecule has 152 valence electrons. The monoisotopic (exact) mass is 428 g/mol. The van der Waals surface area contributed by atoms with Crippen LogP contribution in [0, 0.1) is 0 Å². The van der Waals surface area contributed by atoms with Gasteiger partial charge in [-0.3, -0.25) is 4.79 Å². The second-order valence-corrected chi connectivity index (χ2v) is 7.43. The first-order valence-corrected chi connectivity index (χ1v) is 10.1. The smallest absolute Gasteiger partial charge is 0.262 e. The second-order valence-electron chi connectivity index (χ2n) is 7.03. The molecule has 5 rings (SSSR count). The summed E-state index contributed by atoms with van der Waals surface area (Å²) < 4.78 is 11.5. The average Bonchev–Trinajstić information content (AvgIpc) is 3.23. The van der Waals surface area contributed by atoms with Crippen LogP contribution in [-0.2, 0) is 4.79 Å². The van der Waals surface area contributed by atoms with Crippen LogP contribution in [0.5, 0.6) is 5.75 Å². The van der Waals surface area contributed by atoms with Gasteiger partial charge in [0.1, 0.15) is 11.3 Å². The highest BCUT2D eigenvalue weighted by Gasteiger charge is 2.13. The quantitative estimate of drug-likeness (QED) is 0.356. The van der Waals surface area contributed by atoms with Gasteiger partial charge in [0.15, 0.2) is 12.2 Å². The lowest BCUT2D eigenvalue weighted by atomic mass is 10.1. The Bertz CT molecular complexity index is 1380. The number of nitrogens with zero attached hydrogens (tertiary/aromatic N) is 1. The molecule has 0 atom stereocenters. The molecule has 6 heteroatoms. The fourth-order valence-corrected chi connectivity index (χ4v) is 3.56. The van der Waals surface area contributed by atoms with E-state index in [-0.39, 0.29) is 12.5 Å². The molecule has 0 fully saturated rings. The normalized spacial score (nSPS) is 11.0. The van der Waals surface area contributed by atoms with Gasteiger partial charge >= 0.3 is 0 Å². The van der Waals surface area contributed by atoms with Gasteiger partial charge in [-0.2, -0.15) is 0 Å². The van der Waals surface area contributed by atoms with Gasteiger partial charge in [0.25, 0.3) is 5.91 Å². The van der Waals surface area contributed by atoms with Crippen LogP contribution in [0.25, 0.3) is 33.3 Å². The van der Waals surface area contributed by atoms with E-state index in [1.165, 1.54) is 0 Å². The molecule has 1 heterocycles. The van der Waals surface area contributed by atoms with E-state index in [9.17, 15) is 4.79 Å². The molecular formula is C25H17ClN2O3. The molecule has 5 nitrogen and oxygen atoms in total. The molecule has 0 aliphatic carbocycles. The summed E-state index contributed by atoms with van der Waals surface area (Å²) in [6.07, 6.45) is 0. The summed E-state index contributed by atoms with van der Waals surface area (Å²) in [5.41, 5.74) is 2.60. The van der Waals surface area contributed by atoms with Crippen LogP contribution in [0.15, 0.2) is 89.3 Å². The zero-order valence-corrected chi connectivity index (χ0v) is 17.1. The van der Waals surface area contributed by atoms with Gasteiger partial charge in [-0.1, -0.05) is 54.1 Å². The Morgan fingerprint density at radius 2 is 1.74 bits per heavy atom. The van der Waals surface area contributed by atoms with Crippen LogP contribution in [0.4, 0.5) is 5.69 Å².